The molecule has 1 fully saturated rings. The molecule has 1 aromatic rings. The number of rotatable bonds is 0. The van der Waals surface area contributed by atoms with Crippen LogP contribution in [0.3, 0.4) is 0 Å². The van der Waals surface area contributed by atoms with E-state index in [1.54, 1.807) is 11.0 Å². The number of hydrogen-bond acceptors (Lipinski definition) is 2. The van der Waals surface area contributed by atoms with Gasteiger partial charge in [-0.3, -0.25) is 4.79 Å². The average Bonchev–Trinajstić information content (AvgIpc) is 2.54. The lowest BCUT2D eigenvalue weighted by molar-refractivity contribution is -0.129. The molecule has 2 aliphatic rings. The van der Waals surface area contributed by atoms with Crippen LogP contribution in [0.15, 0.2) is 18.2 Å². The predicted octanol–water partition coefficient (Wildman–Crippen LogP) is 0.982. The van der Waals surface area contributed by atoms with Crippen molar-refractivity contribution in [2.75, 3.05) is 6.54 Å². The van der Waals surface area contributed by atoms with Gasteiger partial charge in [0.1, 0.15) is 5.82 Å². The van der Waals surface area contributed by atoms with Gasteiger partial charge in [0, 0.05) is 19.0 Å². The molecular formula is C12H13FN2O. The standard InChI is InChI=1S/C12H13FN2O/c13-8-2-1-7-3-4-15-11(16)6-10(14)12(15)9(7)5-8/h1-2,5,10,12H,3-4,6,14H2. The summed E-state index contributed by atoms with van der Waals surface area (Å²) >= 11 is 0. The van der Waals surface area contributed by atoms with Crippen LogP contribution >= 0.6 is 0 Å². The van der Waals surface area contributed by atoms with Gasteiger partial charge in [-0.2, -0.15) is 0 Å². The molecule has 2 heterocycles. The van der Waals surface area contributed by atoms with E-state index in [1.165, 1.54) is 12.1 Å². The molecule has 84 valence electrons. The highest BCUT2D eigenvalue weighted by Gasteiger charge is 2.41. The lowest BCUT2D eigenvalue weighted by Crippen LogP contribution is -2.38. The maximum atomic E-state index is 13.2. The second-order valence-corrected chi connectivity index (χ2v) is 4.49. The molecule has 0 radical (unpaired) electrons. The Morgan fingerprint density at radius 3 is 3.06 bits per heavy atom. The van der Waals surface area contributed by atoms with Crippen LogP contribution in [0.1, 0.15) is 23.6 Å². The van der Waals surface area contributed by atoms with Crippen molar-refractivity contribution < 1.29 is 9.18 Å². The summed E-state index contributed by atoms with van der Waals surface area (Å²) in [6, 6.07) is 4.47. The predicted molar refractivity (Wildman–Crippen MR) is 57.2 cm³/mol. The fraction of sp³-hybridized carbons (Fsp3) is 0.417. The van der Waals surface area contributed by atoms with E-state index in [4.69, 9.17) is 5.73 Å². The number of carbonyl (C=O) groups is 1. The van der Waals surface area contributed by atoms with Crippen molar-refractivity contribution in [3.8, 4) is 0 Å². The highest BCUT2D eigenvalue weighted by molar-refractivity contribution is 5.81. The monoisotopic (exact) mass is 220 g/mol. The molecular weight excluding hydrogens is 207 g/mol. The molecule has 2 aliphatic heterocycles. The summed E-state index contributed by atoms with van der Waals surface area (Å²) in [6.07, 6.45) is 1.17. The van der Waals surface area contributed by atoms with Gasteiger partial charge in [0.25, 0.3) is 0 Å². The minimum Gasteiger partial charge on any atom is -0.334 e. The normalized spacial score (nSPS) is 27.9. The summed E-state index contributed by atoms with van der Waals surface area (Å²) in [7, 11) is 0. The first-order valence-electron chi connectivity index (χ1n) is 5.50. The largest absolute Gasteiger partial charge is 0.334 e. The Kier molecular flexibility index (Phi) is 2.01. The number of halogens is 1. The molecule has 0 spiro atoms. The van der Waals surface area contributed by atoms with E-state index in [9.17, 15) is 9.18 Å². The minimum atomic E-state index is -0.257. The number of amides is 1. The second kappa shape index (κ2) is 3.28. The van der Waals surface area contributed by atoms with Crippen molar-refractivity contribution in [1.29, 1.82) is 0 Å². The number of carbonyl (C=O) groups excluding carboxylic acids is 1. The van der Waals surface area contributed by atoms with Crippen LogP contribution in [0.4, 0.5) is 4.39 Å². The molecule has 2 atom stereocenters. The van der Waals surface area contributed by atoms with E-state index in [0.29, 0.717) is 13.0 Å². The van der Waals surface area contributed by atoms with Gasteiger partial charge in [0.05, 0.1) is 6.04 Å². The van der Waals surface area contributed by atoms with E-state index in [-0.39, 0.29) is 23.8 Å². The molecule has 0 aromatic heterocycles. The third-order valence-electron chi connectivity index (χ3n) is 3.52. The lowest BCUT2D eigenvalue weighted by Gasteiger charge is -2.33. The van der Waals surface area contributed by atoms with Crippen molar-refractivity contribution in [2.45, 2.75) is 24.9 Å². The fourth-order valence-corrected chi connectivity index (χ4v) is 2.79. The quantitative estimate of drug-likeness (QED) is 0.708. The van der Waals surface area contributed by atoms with Crippen LogP contribution < -0.4 is 5.73 Å². The van der Waals surface area contributed by atoms with Crippen molar-refractivity contribution in [3.05, 3.63) is 35.1 Å². The van der Waals surface area contributed by atoms with Crippen LogP contribution in [0.5, 0.6) is 0 Å². The highest BCUT2D eigenvalue weighted by atomic mass is 19.1. The van der Waals surface area contributed by atoms with Gasteiger partial charge in [-0.15, -0.1) is 0 Å². The third kappa shape index (κ3) is 1.26. The van der Waals surface area contributed by atoms with E-state index in [1.807, 2.05) is 0 Å². The first-order chi connectivity index (χ1) is 7.66. The van der Waals surface area contributed by atoms with E-state index >= 15 is 0 Å². The van der Waals surface area contributed by atoms with Gasteiger partial charge in [-0.1, -0.05) is 6.07 Å². The van der Waals surface area contributed by atoms with Crippen LogP contribution in [-0.4, -0.2) is 23.4 Å². The van der Waals surface area contributed by atoms with Crippen molar-refractivity contribution in [1.82, 2.24) is 4.90 Å². The molecule has 1 aromatic carbocycles. The number of benzene rings is 1. The summed E-state index contributed by atoms with van der Waals surface area (Å²) in [5.41, 5.74) is 7.97. The summed E-state index contributed by atoms with van der Waals surface area (Å²) in [4.78, 5) is 13.5. The molecule has 3 rings (SSSR count). The van der Waals surface area contributed by atoms with E-state index in [2.05, 4.69) is 0 Å². The van der Waals surface area contributed by atoms with Crippen molar-refractivity contribution in [3.63, 3.8) is 0 Å². The topological polar surface area (TPSA) is 46.3 Å². The van der Waals surface area contributed by atoms with Crippen molar-refractivity contribution in [2.24, 2.45) is 5.73 Å². The van der Waals surface area contributed by atoms with Crippen LogP contribution in [0.2, 0.25) is 0 Å². The molecule has 0 aliphatic carbocycles. The number of nitrogens with zero attached hydrogens (tertiary/aromatic N) is 1. The molecule has 4 heteroatoms. The van der Waals surface area contributed by atoms with E-state index < -0.39 is 0 Å². The third-order valence-corrected chi connectivity index (χ3v) is 3.52. The van der Waals surface area contributed by atoms with Crippen LogP contribution in [0.25, 0.3) is 0 Å². The van der Waals surface area contributed by atoms with Crippen LogP contribution in [-0.2, 0) is 11.2 Å². The van der Waals surface area contributed by atoms with Crippen molar-refractivity contribution >= 4 is 5.91 Å². The Morgan fingerprint density at radius 1 is 1.44 bits per heavy atom. The first kappa shape index (κ1) is 9.78. The SMILES string of the molecule is NC1CC(=O)N2CCc3ccc(F)cc3C12. The molecule has 0 saturated carbocycles. The number of nitrogens with two attached hydrogens (primary N) is 1. The van der Waals surface area contributed by atoms with Gasteiger partial charge in [0.2, 0.25) is 5.91 Å². The molecule has 16 heavy (non-hydrogen) atoms. The van der Waals surface area contributed by atoms with Gasteiger partial charge in [-0.05, 0) is 29.7 Å². The zero-order valence-corrected chi connectivity index (χ0v) is 8.82. The Labute approximate surface area is 93.0 Å². The Morgan fingerprint density at radius 2 is 2.25 bits per heavy atom. The molecule has 1 saturated heterocycles. The summed E-state index contributed by atoms with van der Waals surface area (Å²) < 4.78 is 13.2. The van der Waals surface area contributed by atoms with Gasteiger partial charge in [0.15, 0.2) is 0 Å². The Hall–Kier alpha value is -1.42. The zero-order chi connectivity index (χ0) is 11.3. The number of fused-ring (bicyclic) bond motifs is 3. The molecule has 3 nitrogen and oxygen atoms in total. The second-order valence-electron chi connectivity index (χ2n) is 4.49. The van der Waals surface area contributed by atoms with Gasteiger partial charge < -0.3 is 10.6 Å². The smallest absolute Gasteiger partial charge is 0.224 e. The maximum absolute atomic E-state index is 13.2. The van der Waals surface area contributed by atoms with E-state index in [0.717, 1.165) is 17.5 Å². The summed E-state index contributed by atoms with van der Waals surface area (Å²) in [5.74, 6) is -0.167. The Bertz CT molecular complexity index is 460. The maximum Gasteiger partial charge on any atom is 0.224 e. The molecule has 0 bridgehead atoms. The minimum absolute atomic E-state index is 0.0902. The van der Waals surface area contributed by atoms with Gasteiger partial charge in [-0.25, -0.2) is 4.39 Å². The average molecular weight is 220 g/mol. The van der Waals surface area contributed by atoms with Gasteiger partial charge >= 0.3 is 0 Å². The fourth-order valence-electron chi connectivity index (χ4n) is 2.79. The number of hydrogen-bond donors (Lipinski definition) is 1. The highest BCUT2D eigenvalue weighted by Crippen LogP contribution is 2.37. The lowest BCUT2D eigenvalue weighted by atomic mass is 9.91. The summed E-state index contributed by atoms with van der Waals surface area (Å²) in [6.45, 7) is 0.704. The Balaban J connectivity index is 2.11. The zero-order valence-electron chi connectivity index (χ0n) is 8.82. The summed E-state index contributed by atoms with van der Waals surface area (Å²) in [5, 5.41) is 0. The molecule has 2 N–H and O–H groups in total. The molecule has 1 amide bonds. The molecule has 2 unspecified atom stereocenters. The van der Waals surface area contributed by atoms with Crippen LogP contribution in [0, 0.1) is 5.82 Å². The first-order valence-corrected chi connectivity index (χ1v) is 5.50.